The predicted molar refractivity (Wildman–Crippen MR) is 91.3 cm³/mol. The number of hydrogen-bond acceptors (Lipinski definition) is 5. The number of benzene rings is 2. The van der Waals surface area contributed by atoms with Crippen LogP contribution in [0, 0.1) is 5.82 Å². The highest BCUT2D eigenvalue weighted by molar-refractivity contribution is 7.89. The summed E-state index contributed by atoms with van der Waals surface area (Å²) in [5, 5.41) is 5.89. The van der Waals surface area contributed by atoms with Crippen LogP contribution in [-0.2, 0) is 16.6 Å². The van der Waals surface area contributed by atoms with Crippen molar-refractivity contribution in [1.29, 1.82) is 0 Å². The standard InChI is InChI=1S/C17H14FN3O4S/c18-15-6-1-2-7-16(15)21-17(22)12-4-3-5-14(10-12)26(23,24)20-11-13-8-9-19-25-13/h1-10,20H,11H2,(H,21,22). The van der Waals surface area contributed by atoms with E-state index >= 15 is 0 Å². The maximum absolute atomic E-state index is 13.6. The van der Waals surface area contributed by atoms with E-state index in [1.54, 1.807) is 6.07 Å². The summed E-state index contributed by atoms with van der Waals surface area (Å²) >= 11 is 0. The summed E-state index contributed by atoms with van der Waals surface area (Å²) in [6.45, 7) is -0.0754. The van der Waals surface area contributed by atoms with Crippen LogP contribution in [0.15, 0.2) is 70.2 Å². The molecule has 26 heavy (non-hydrogen) atoms. The van der Waals surface area contributed by atoms with E-state index in [0.29, 0.717) is 5.76 Å². The lowest BCUT2D eigenvalue weighted by atomic mass is 10.2. The third-order valence-corrected chi connectivity index (χ3v) is 4.86. The van der Waals surface area contributed by atoms with Gasteiger partial charge in [-0.15, -0.1) is 0 Å². The van der Waals surface area contributed by atoms with Crippen LogP contribution in [0.5, 0.6) is 0 Å². The van der Waals surface area contributed by atoms with Crippen molar-refractivity contribution >= 4 is 21.6 Å². The van der Waals surface area contributed by atoms with Gasteiger partial charge in [0.2, 0.25) is 10.0 Å². The quantitative estimate of drug-likeness (QED) is 0.689. The first-order valence-corrected chi connectivity index (χ1v) is 8.99. The number of aromatic nitrogens is 1. The molecule has 0 saturated heterocycles. The van der Waals surface area contributed by atoms with Crippen molar-refractivity contribution in [2.24, 2.45) is 0 Å². The van der Waals surface area contributed by atoms with Gasteiger partial charge in [0.05, 0.1) is 23.3 Å². The number of nitrogens with one attached hydrogen (secondary N) is 2. The highest BCUT2D eigenvalue weighted by atomic mass is 32.2. The van der Waals surface area contributed by atoms with E-state index in [-0.39, 0.29) is 22.7 Å². The molecule has 3 rings (SSSR count). The van der Waals surface area contributed by atoms with Crippen LogP contribution in [0.1, 0.15) is 16.1 Å². The van der Waals surface area contributed by atoms with E-state index in [1.807, 2.05) is 0 Å². The van der Waals surface area contributed by atoms with Crippen LogP contribution in [0.25, 0.3) is 0 Å². The topological polar surface area (TPSA) is 101 Å². The van der Waals surface area contributed by atoms with Crippen molar-refractivity contribution in [2.75, 3.05) is 5.32 Å². The molecule has 0 aliphatic rings. The summed E-state index contributed by atoms with van der Waals surface area (Å²) < 4.78 is 45.5. The van der Waals surface area contributed by atoms with Crippen molar-refractivity contribution in [2.45, 2.75) is 11.4 Å². The molecule has 2 N–H and O–H groups in total. The first kappa shape index (κ1) is 17.8. The summed E-state index contributed by atoms with van der Waals surface area (Å²) in [6, 6.07) is 12.6. The minimum Gasteiger partial charge on any atom is -0.360 e. The molecular weight excluding hydrogens is 361 g/mol. The van der Waals surface area contributed by atoms with Crippen molar-refractivity contribution in [3.05, 3.63) is 77.9 Å². The van der Waals surface area contributed by atoms with E-state index in [9.17, 15) is 17.6 Å². The number of carbonyl (C=O) groups excluding carboxylic acids is 1. The largest absolute Gasteiger partial charge is 0.360 e. The summed E-state index contributed by atoms with van der Waals surface area (Å²) in [5.41, 5.74) is 0.0880. The fourth-order valence-electron chi connectivity index (χ4n) is 2.14. The molecule has 1 heterocycles. The highest BCUT2D eigenvalue weighted by Crippen LogP contribution is 2.16. The second-order valence-corrected chi connectivity index (χ2v) is 7.03. The Labute approximate surface area is 148 Å². The van der Waals surface area contributed by atoms with E-state index in [1.165, 1.54) is 54.7 Å². The van der Waals surface area contributed by atoms with Gasteiger partial charge in [-0.05, 0) is 30.3 Å². The molecule has 0 aliphatic carbocycles. The molecular formula is C17H14FN3O4S. The summed E-state index contributed by atoms with van der Waals surface area (Å²) in [6.07, 6.45) is 1.40. The molecule has 0 unspecified atom stereocenters. The van der Waals surface area contributed by atoms with E-state index in [0.717, 1.165) is 0 Å². The van der Waals surface area contributed by atoms with Gasteiger partial charge in [0.15, 0.2) is 5.76 Å². The lowest BCUT2D eigenvalue weighted by Gasteiger charge is -2.09. The molecule has 0 fully saturated rings. The van der Waals surface area contributed by atoms with Crippen molar-refractivity contribution < 1.29 is 22.1 Å². The number of rotatable bonds is 6. The molecule has 3 aromatic rings. The molecule has 1 aromatic heterocycles. The fraction of sp³-hybridized carbons (Fsp3) is 0.0588. The van der Waals surface area contributed by atoms with Crippen molar-refractivity contribution in [1.82, 2.24) is 9.88 Å². The van der Waals surface area contributed by atoms with Crippen molar-refractivity contribution in [3.63, 3.8) is 0 Å². The number of nitrogens with zero attached hydrogens (tertiary/aromatic N) is 1. The Morgan fingerprint density at radius 2 is 1.92 bits per heavy atom. The van der Waals surface area contributed by atoms with Crippen LogP contribution in [0.2, 0.25) is 0 Å². The first-order chi connectivity index (χ1) is 12.5. The van der Waals surface area contributed by atoms with Gasteiger partial charge in [0, 0.05) is 11.6 Å². The summed E-state index contributed by atoms with van der Waals surface area (Å²) in [4.78, 5) is 12.2. The Kier molecular flexibility index (Phi) is 5.10. The van der Waals surface area contributed by atoms with Gasteiger partial charge in [0.25, 0.3) is 5.91 Å². The second-order valence-electron chi connectivity index (χ2n) is 5.27. The molecule has 7 nitrogen and oxygen atoms in total. The van der Waals surface area contributed by atoms with Crippen LogP contribution < -0.4 is 10.0 Å². The Balaban J connectivity index is 1.76. The van der Waals surface area contributed by atoms with E-state index in [4.69, 9.17) is 4.52 Å². The molecule has 0 saturated carbocycles. The lowest BCUT2D eigenvalue weighted by Crippen LogP contribution is -2.23. The van der Waals surface area contributed by atoms with E-state index < -0.39 is 21.7 Å². The van der Waals surface area contributed by atoms with Gasteiger partial charge in [0.1, 0.15) is 5.82 Å². The maximum atomic E-state index is 13.6. The van der Waals surface area contributed by atoms with Gasteiger partial charge in [-0.2, -0.15) is 0 Å². The third kappa shape index (κ3) is 4.13. The maximum Gasteiger partial charge on any atom is 0.255 e. The molecule has 2 aromatic carbocycles. The highest BCUT2D eigenvalue weighted by Gasteiger charge is 2.17. The molecule has 0 radical (unpaired) electrons. The molecule has 0 atom stereocenters. The second kappa shape index (κ2) is 7.46. The minimum atomic E-state index is -3.87. The lowest BCUT2D eigenvalue weighted by molar-refractivity contribution is 0.102. The zero-order valence-corrected chi connectivity index (χ0v) is 14.2. The van der Waals surface area contributed by atoms with Crippen molar-refractivity contribution in [3.8, 4) is 0 Å². The third-order valence-electron chi connectivity index (χ3n) is 3.46. The summed E-state index contributed by atoms with van der Waals surface area (Å²) in [7, 11) is -3.87. The van der Waals surface area contributed by atoms with Gasteiger partial charge in [-0.25, -0.2) is 17.5 Å². The monoisotopic (exact) mass is 375 g/mol. The van der Waals surface area contributed by atoms with Gasteiger partial charge < -0.3 is 9.84 Å². The van der Waals surface area contributed by atoms with Crippen LogP contribution in [0.4, 0.5) is 10.1 Å². The van der Waals surface area contributed by atoms with Crippen LogP contribution >= 0.6 is 0 Å². The number of para-hydroxylation sites is 1. The number of carbonyl (C=O) groups is 1. The average Bonchev–Trinajstić information content (AvgIpc) is 3.16. The Morgan fingerprint density at radius 1 is 1.12 bits per heavy atom. The SMILES string of the molecule is O=C(Nc1ccccc1F)c1cccc(S(=O)(=O)NCc2ccno2)c1. The molecule has 0 bridgehead atoms. The normalized spacial score (nSPS) is 11.3. The smallest absolute Gasteiger partial charge is 0.255 e. The Bertz CT molecular complexity index is 1020. The van der Waals surface area contributed by atoms with Crippen LogP contribution in [0.3, 0.4) is 0 Å². The number of anilines is 1. The molecule has 9 heteroatoms. The summed E-state index contributed by atoms with van der Waals surface area (Å²) in [5.74, 6) is -0.859. The Morgan fingerprint density at radius 3 is 2.65 bits per heavy atom. The molecule has 1 amide bonds. The fourth-order valence-corrected chi connectivity index (χ4v) is 3.18. The number of hydrogen-bond donors (Lipinski definition) is 2. The van der Waals surface area contributed by atoms with Gasteiger partial charge >= 0.3 is 0 Å². The zero-order chi connectivity index (χ0) is 18.6. The average molecular weight is 375 g/mol. The van der Waals surface area contributed by atoms with Gasteiger partial charge in [-0.3, -0.25) is 4.79 Å². The zero-order valence-electron chi connectivity index (χ0n) is 13.3. The molecule has 134 valence electrons. The first-order valence-electron chi connectivity index (χ1n) is 7.51. The molecule has 0 aliphatic heterocycles. The molecule has 0 spiro atoms. The van der Waals surface area contributed by atoms with Gasteiger partial charge in [-0.1, -0.05) is 23.4 Å². The van der Waals surface area contributed by atoms with Crippen LogP contribution in [-0.4, -0.2) is 19.5 Å². The predicted octanol–water partition coefficient (Wildman–Crippen LogP) is 2.54. The number of sulfonamides is 1. The minimum absolute atomic E-state index is 0.00852. The van der Waals surface area contributed by atoms with E-state index in [2.05, 4.69) is 15.2 Å². The number of amides is 1. The Hall–Kier alpha value is -3.04. The number of halogens is 1.